The lowest BCUT2D eigenvalue weighted by atomic mass is 10.00. The van der Waals surface area contributed by atoms with Crippen LogP contribution in [0.5, 0.6) is 0 Å². The molecule has 2 aromatic rings. The molecule has 0 saturated carbocycles. The van der Waals surface area contributed by atoms with E-state index >= 15 is 0 Å². The highest BCUT2D eigenvalue weighted by Gasteiger charge is 2.12. The number of aliphatic carboxylic acids is 1. The highest BCUT2D eigenvalue weighted by atomic mass is 35.5. The van der Waals surface area contributed by atoms with Crippen molar-refractivity contribution in [2.24, 2.45) is 0 Å². The maximum atomic E-state index is 10.8. The van der Waals surface area contributed by atoms with Crippen LogP contribution in [0, 0.1) is 0 Å². The Bertz CT molecular complexity index is 621. The van der Waals surface area contributed by atoms with E-state index in [2.05, 4.69) is 4.98 Å². The van der Waals surface area contributed by atoms with Gasteiger partial charge in [-0.3, -0.25) is 9.78 Å². The van der Waals surface area contributed by atoms with Gasteiger partial charge in [0, 0.05) is 18.0 Å². The second kappa shape index (κ2) is 5.78. The summed E-state index contributed by atoms with van der Waals surface area (Å²) in [6.45, 7) is 0. The standard InChI is InChI=1S/C13H8Cl3NO2/c14-10-3-8(4-11(15)13(10)16)9-6-17-2-1-7(9)5-12(18)19/h1-4,6H,5H2,(H,18,19). The van der Waals surface area contributed by atoms with E-state index in [0.29, 0.717) is 26.7 Å². The lowest BCUT2D eigenvalue weighted by Crippen LogP contribution is -2.02. The molecule has 0 bridgehead atoms. The van der Waals surface area contributed by atoms with Crippen LogP contribution in [0.4, 0.5) is 0 Å². The average molecular weight is 317 g/mol. The Hall–Kier alpha value is -1.29. The van der Waals surface area contributed by atoms with Gasteiger partial charge in [0.25, 0.3) is 0 Å². The topological polar surface area (TPSA) is 50.2 Å². The van der Waals surface area contributed by atoms with Gasteiger partial charge in [-0.1, -0.05) is 34.8 Å². The van der Waals surface area contributed by atoms with E-state index in [9.17, 15) is 4.79 Å². The van der Waals surface area contributed by atoms with E-state index in [1.165, 1.54) is 0 Å². The van der Waals surface area contributed by atoms with Gasteiger partial charge in [-0.15, -0.1) is 0 Å². The molecule has 1 N–H and O–H groups in total. The van der Waals surface area contributed by atoms with Crippen molar-refractivity contribution in [3.8, 4) is 11.1 Å². The number of aromatic nitrogens is 1. The molecule has 1 aromatic heterocycles. The number of rotatable bonds is 3. The molecule has 3 nitrogen and oxygen atoms in total. The molecule has 0 atom stereocenters. The number of benzene rings is 1. The molecule has 19 heavy (non-hydrogen) atoms. The summed E-state index contributed by atoms with van der Waals surface area (Å²) in [5.74, 6) is -0.918. The van der Waals surface area contributed by atoms with Crippen molar-refractivity contribution in [1.82, 2.24) is 4.98 Å². The number of carboxylic acid groups (broad SMARTS) is 1. The highest BCUT2D eigenvalue weighted by Crippen LogP contribution is 2.35. The van der Waals surface area contributed by atoms with Crippen molar-refractivity contribution >= 4 is 40.8 Å². The number of pyridine rings is 1. The van der Waals surface area contributed by atoms with Crippen molar-refractivity contribution < 1.29 is 9.90 Å². The summed E-state index contributed by atoms with van der Waals surface area (Å²) in [5, 5.41) is 9.80. The monoisotopic (exact) mass is 315 g/mol. The summed E-state index contributed by atoms with van der Waals surface area (Å²) in [7, 11) is 0. The van der Waals surface area contributed by atoms with Crippen LogP contribution in [0.15, 0.2) is 30.6 Å². The molecule has 1 heterocycles. The van der Waals surface area contributed by atoms with E-state index in [0.717, 1.165) is 0 Å². The molecule has 0 spiro atoms. The van der Waals surface area contributed by atoms with E-state index in [-0.39, 0.29) is 11.4 Å². The Morgan fingerprint density at radius 3 is 2.42 bits per heavy atom. The minimum Gasteiger partial charge on any atom is -0.481 e. The van der Waals surface area contributed by atoms with Crippen LogP contribution in [-0.4, -0.2) is 16.1 Å². The Morgan fingerprint density at radius 1 is 1.21 bits per heavy atom. The van der Waals surface area contributed by atoms with Crippen LogP contribution in [0.1, 0.15) is 5.56 Å². The van der Waals surface area contributed by atoms with Gasteiger partial charge in [-0.25, -0.2) is 0 Å². The fourth-order valence-corrected chi connectivity index (χ4v) is 2.31. The predicted octanol–water partition coefficient (Wildman–Crippen LogP) is 4.34. The quantitative estimate of drug-likeness (QED) is 0.857. The minimum absolute atomic E-state index is 0.101. The first kappa shape index (κ1) is 14.1. The maximum absolute atomic E-state index is 10.8. The van der Waals surface area contributed by atoms with Gasteiger partial charge in [0.2, 0.25) is 0 Å². The first-order valence-electron chi connectivity index (χ1n) is 5.28. The first-order chi connectivity index (χ1) is 8.99. The summed E-state index contributed by atoms with van der Waals surface area (Å²) in [6.07, 6.45) is 3.02. The van der Waals surface area contributed by atoms with Crippen LogP contribution in [0.3, 0.4) is 0 Å². The molecule has 0 aliphatic rings. The molecule has 98 valence electrons. The summed E-state index contributed by atoms with van der Waals surface area (Å²) >= 11 is 17.8. The number of hydrogen-bond acceptors (Lipinski definition) is 2. The van der Waals surface area contributed by atoms with E-state index in [1.807, 2.05) is 0 Å². The smallest absolute Gasteiger partial charge is 0.307 e. The minimum atomic E-state index is -0.918. The Balaban J connectivity index is 2.56. The van der Waals surface area contributed by atoms with E-state index in [1.54, 1.807) is 30.6 Å². The number of nitrogens with zero attached hydrogens (tertiary/aromatic N) is 1. The van der Waals surface area contributed by atoms with E-state index < -0.39 is 5.97 Å². The molecule has 0 aliphatic carbocycles. The Labute approximate surface area is 124 Å². The second-order valence-corrected chi connectivity index (χ2v) is 5.05. The summed E-state index contributed by atoms with van der Waals surface area (Å²) in [6, 6.07) is 4.93. The molecular weight excluding hydrogens is 309 g/mol. The molecule has 2 rings (SSSR count). The van der Waals surface area contributed by atoms with Crippen molar-refractivity contribution in [3.05, 3.63) is 51.2 Å². The molecule has 1 aromatic carbocycles. The molecule has 0 aliphatic heterocycles. The molecule has 0 unspecified atom stereocenters. The van der Waals surface area contributed by atoms with Crippen molar-refractivity contribution in [1.29, 1.82) is 0 Å². The third-order valence-corrected chi connectivity index (χ3v) is 3.74. The fraction of sp³-hybridized carbons (Fsp3) is 0.0769. The van der Waals surface area contributed by atoms with Gasteiger partial charge in [0.05, 0.1) is 21.5 Å². The molecule has 6 heteroatoms. The number of carboxylic acids is 1. The second-order valence-electron chi connectivity index (χ2n) is 3.86. The van der Waals surface area contributed by atoms with Gasteiger partial charge in [0.15, 0.2) is 0 Å². The highest BCUT2D eigenvalue weighted by molar-refractivity contribution is 6.48. The van der Waals surface area contributed by atoms with Crippen LogP contribution in [-0.2, 0) is 11.2 Å². The molecule has 0 amide bonds. The molecular formula is C13H8Cl3NO2. The third kappa shape index (κ3) is 3.18. The summed E-state index contributed by atoms with van der Waals surface area (Å²) < 4.78 is 0. The SMILES string of the molecule is O=C(O)Cc1ccncc1-c1cc(Cl)c(Cl)c(Cl)c1. The van der Waals surface area contributed by atoms with Gasteiger partial charge >= 0.3 is 5.97 Å². The number of hydrogen-bond donors (Lipinski definition) is 1. The average Bonchev–Trinajstić information content (AvgIpc) is 2.35. The van der Waals surface area contributed by atoms with Crippen LogP contribution >= 0.6 is 34.8 Å². The third-order valence-electron chi connectivity index (χ3n) is 2.55. The Kier molecular flexibility index (Phi) is 4.30. The zero-order valence-electron chi connectivity index (χ0n) is 9.53. The van der Waals surface area contributed by atoms with Gasteiger partial charge in [0.1, 0.15) is 0 Å². The van der Waals surface area contributed by atoms with Crippen LogP contribution in [0.2, 0.25) is 15.1 Å². The van der Waals surface area contributed by atoms with Gasteiger partial charge in [-0.05, 0) is 29.3 Å². The first-order valence-corrected chi connectivity index (χ1v) is 6.42. The molecule has 0 radical (unpaired) electrons. The van der Waals surface area contributed by atoms with Crippen LogP contribution < -0.4 is 0 Å². The number of carbonyl (C=O) groups is 1. The lowest BCUT2D eigenvalue weighted by Gasteiger charge is -2.09. The molecule has 0 saturated heterocycles. The summed E-state index contributed by atoms with van der Waals surface area (Å²) in [4.78, 5) is 14.8. The van der Waals surface area contributed by atoms with E-state index in [4.69, 9.17) is 39.9 Å². The van der Waals surface area contributed by atoms with Crippen molar-refractivity contribution in [2.75, 3.05) is 0 Å². The normalized spacial score (nSPS) is 10.5. The lowest BCUT2D eigenvalue weighted by molar-refractivity contribution is -0.136. The Morgan fingerprint density at radius 2 is 1.84 bits per heavy atom. The molecule has 0 fully saturated rings. The van der Waals surface area contributed by atoms with Crippen molar-refractivity contribution in [2.45, 2.75) is 6.42 Å². The zero-order chi connectivity index (χ0) is 14.0. The fourth-order valence-electron chi connectivity index (χ4n) is 1.71. The number of halogens is 3. The van der Waals surface area contributed by atoms with Crippen molar-refractivity contribution in [3.63, 3.8) is 0 Å². The van der Waals surface area contributed by atoms with Crippen LogP contribution in [0.25, 0.3) is 11.1 Å². The zero-order valence-corrected chi connectivity index (χ0v) is 11.8. The maximum Gasteiger partial charge on any atom is 0.307 e. The summed E-state index contributed by atoms with van der Waals surface area (Å²) in [5.41, 5.74) is 1.99. The van der Waals surface area contributed by atoms with Gasteiger partial charge < -0.3 is 5.11 Å². The predicted molar refractivity (Wildman–Crippen MR) is 76.0 cm³/mol. The van der Waals surface area contributed by atoms with Gasteiger partial charge in [-0.2, -0.15) is 0 Å². The largest absolute Gasteiger partial charge is 0.481 e.